The first-order valence-corrected chi connectivity index (χ1v) is 6.45. The Balaban J connectivity index is 2.92. The Hall–Kier alpha value is -0.980. The van der Waals surface area contributed by atoms with E-state index in [4.69, 9.17) is 0 Å². The second kappa shape index (κ2) is 4.72. The Bertz CT molecular complexity index is 358. The maximum atomic E-state index is 9.34. The molecule has 0 aliphatic carbocycles. The lowest BCUT2D eigenvalue weighted by Crippen LogP contribution is -2.30. The van der Waals surface area contributed by atoms with Crippen LogP contribution >= 0.6 is 0 Å². The zero-order valence-electron chi connectivity index (χ0n) is 12.0. The molecule has 0 amide bonds. The van der Waals surface area contributed by atoms with E-state index in [1.165, 1.54) is 5.56 Å². The summed E-state index contributed by atoms with van der Waals surface area (Å²) in [6.45, 7) is 13.8. The van der Waals surface area contributed by atoms with Gasteiger partial charge in [0, 0.05) is 0 Å². The highest BCUT2D eigenvalue weighted by Gasteiger charge is 2.32. The summed E-state index contributed by atoms with van der Waals surface area (Å²) in [5, 5.41) is 9.34. The summed E-state index contributed by atoms with van der Waals surface area (Å²) >= 11 is 0. The molecule has 0 fully saturated rings. The normalized spacial score (nSPS) is 13.1. The smallest absolute Gasteiger partial charge is 0.115 e. The van der Waals surface area contributed by atoms with Crippen LogP contribution in [0.4, 0.5) is 0 Å². The zero-order chi connectivity index (χ0) is 13.3. The summed E-state index contributed by atoms with van der Waals surface area (Å²) in [4.78, 5) is 0. The molecule has 0 atom stereocenters. The molecule has 1 heteroatoms. The van der Waals surface area contributed by atoms with Crippen LogP contribution in [-0.2, 0) is 5.41 Å². The Kier molecular flexibility index (Phi) is 3.91. The first-order chi connectivity index (χ1) is 7.65. The summed E-state index contributed by atoms with van der Waals surface area (Å²) in [5.41, 5.74) is 1.76. The van der Waals surface area contributed by atoms with E-state index in [0.29, 0.717) is 17.1 Å². The number of hydrogen-bond acceptors (Lipinski definition) is 1. The first-order valence-electron chi connectivity index (χ1n) is 6.45. The summed E-state index contributed by atoms with van der Waals surface area (Å²) < 4.78 is 0. The van der Waals surface area contributed by atoms with E-state index in [-0.39, 0.29) is 5.41 Å². The van der Waals surface area contributed by atoms with Crippen LogP contribution in [0.3, 0.4) is 0 Å². The van der Waals surface area contributed by atoms with E-state index in [2.05, 4.69) is 41.5 Å². The highest BCUT2D eigenvalue weighted by atomic mass is 16.3. The summed E-state index contributed by atoms with van der Waals surface area (Å²) in [7, 11) is 0. The molecule has 1 nitrogen and oxygen atoms in total. The molecular weight excluding hydrogens is 208 g/mol. The number of phenols is 1. The van der Waals surface area contributed by atoms with Crippen molar-refractivity contribution in [2.45, 2.75) is 53.4 Å². The second-order valence-electron chi connectivity index (χ2n) is 6.75. The molecule has 1 aromatic rings. The summed E-state index contributed by atoms with van der Waals surface area (Å²) in [5.74, 6) is 1.01. The van der Waals surface area contributed by atoms with E-state index >= 15 is 0 Å². The van der Waals surface area contributed by atoms with Crippen molar-refractivity contribution in [2.24, 2.45) is 11.3 Å². The van der Waals surface area contributed by atoms with Crippen LogP contribution < -0.4 is 0 Å². The van der Waals surface area contributed by atoms with E-state index in [9.17, 15) is 5.11 Å². The van der Waals surface area contributed by atoms with Gasteiger partial charge in [-0.2, -0.15) is 0 Å². The minimum absolute atomic E-state index is 0.140. The van der Waals surface area contributed by atoms with E-state index < -0.39 is 0 Å². The van der Waals surface area contributed by atoms with Gasteiger partial charge < -0.3 is 5.11 Å². The zero-order valence-corrected chi connectivity index (χ0v) is 12.0. The number of benzene rings is 1. The molecule has 96 valence electrons. The molecular formula is C16H26O. The van der Waals surface area contributed by atoms with Crippen LogP contribution in [0.1, 0.15) is 53.5 Å². The van der Waals surface area contributed by atoms with Crippen molar-refractivity contribution in [2.75, 3.05) is 0 Å². The topological polar surface area (TPSA) is 20.2 Å². The third kappa shape index (κ3) is 3.49. The fourth-order valence-corrected chi connectivity index (χ4v) is 2.36. The van der Waals surface area contributed by atoms with Crippen LogP contribution in [0.5, 0.6) is 5.75 Å². The molecule has 1 rings (SSSR count). The van der Waals surface area contributed by atoms with Gasteiger partial charge >= 0.3 is 0 Å². The van der Waals surface area contributed by atoms with E-state index in [0.717, 1.165) is 6.42 Å². The molecule has 0 radical (unpaired) electrons. The molecule has 0 saturated carbocycles. The molecule has 1 aromatic carbocycles. The van der Waals surface area contributed by atoms with Crippen LogP contribution in [0.25, 0.3) is 0 Å². The SMILES string of the molecule is CC(C)C(C)(C)CC(C)(C)c1ccc(O)cc1. The molecule has 0 spiro atoms. The molecule has 0 heterocycles. The molecule has 0 unspecified atom stereocenters. The Morgan fingerprint density at radius 2 is 1.47 bits per heavy atom. The predicted octanol–water partition coefficient (Wildman–Crippen LogP) is 4.74. The fourth-order valence-electron chi connectivity index (χ4n) is 2.36. The standard InChI is InChI=1S/C16H26O/c1-12(2)15(3,4)11-16(5,6)13-7-9-14(17)10-8-13/h7-10,12,17H,11H2,1-6H3. The number of rotatable bonds is 4. The Morgan fingerprint density at radius 1 is 1.00 bits per heavy atom. The van der Waals surface area contributed by atoms with Crippen molar-refractivity contribution in [1.82, 2.24) is 0 Å². The lowest BCUT2D eigenvalue weighted by atomic mass is 9.67. The number of aromatic hydroxyl groups is 1. The van der Waals surface area contributed by atoms with Crippen molar-refractivity contribution >= 4 is 0 Å². The highest BCUT2D eigenvalue weighted by molar-refractivity contribution is 5.30. The van der Waals surface area contributed by atoms with Crippen LogP contribution in [-0.4, -0.2) is 5.11 Å². The van der Waals surface area contributed by atoms with Crippen molar-refractivity contribution in [3.8, 4) is 5.75 Å². The predicted molar refractivity (Wildman–Crippen MR) is 74.4 cm³/mol. The molecule has 0 bridgehead atoms. The summed E-state index contributed by atoms with van der Waals surface area (Å²) in [6.07, 6.45) is 1.14. The third-order valence-corrected chi connectivity index (χ3v) is 4.11. The third-order valence-electron chi connectivity index (χ3n) is 4.11. The van der Waals surface area contributed by atoms with Gasteiger partial charge in [0.25, 0.3) is 0 Å². The van der Waals surface area contributed by atoms with Crippen LogP contribution in [0, 0.1) is 11.3 Å². The van der Waals surface area contributed by atoms with Gasteiger partial charge in [-0.25, -0.2) is 0 Å². The van der Waals surface area contributed by atoms with Gasteiger partial charge in [0.15, 0.2) is 0 Å². The van der Waals surface area contributed by atoms with Gasteiger partial charge in [-0.15, -0.1) is 0 Å². The number of phenolic OH excluding ortho intramolecular Hbond substituents is 1. The summed E-state index contributed by atoms with van der Waals surface area (Å²) in [6, 6.07) is 7.62. The van der Waals surface area contributed by atoms with Crippen molar-refractivity contribution < 1.29 is 5.11 Å². The van der Waals surface area contributed by atoms with Gasteiger partial charge in [-0.1, -0.05) is 53.7 Å². The molecule has 0 aliphatic rings. The maximum absolute atomic E-state index is 9.34. The second-order valence-corrected chi connectivity index (χ2v) is 6.75. The average molecular weight is 234 g/mol. The van der Waals surface area contributed by atoms with Crippen LogP contribution in [0.2, 0.25) is 0 Å². The Labute approximate surface area is 106 Å². The fraction of sp³-hybridized carbons (Fsp3) is 0.625. The minimum Gasteiger partial charge on any atom is -0.508 e. The minimum atomic E-state index is 0.140. The van der Waals surface area contributed by atoms with Crippen LogP contribution in [0.15, 0.2) is 24.3 Å². The molecule has 17 heavy (non-hydrogen) atoms. The van der Waals surface area contributed by atoms with Gasteiger partial charge in [-0.05, 0) is 40.9 Å². The molecule has 0 saturated heterocycles. The van der Waals surface area contributed by atoms with Crippen molar-refractivity contribution in [1.29, 1.82) is 0 Å². The first kappa shape index (κ1) is 14.1. The molecule has 0 aromatic heterocycles. The molecule has 1 N–H and O–H groups in total. The highest BCUT2D eigenvalue weighted by Crippen LogP contribution is 2.41. The maximum Gasteiger partial charge on any atom is 0.115 e. The van der Waals surface area contributed by atoms with Gasteiger partial charge in [0.05, 0.1) is 0 Å². The van der Waals surface area contributed by atoms with E-state index in [1.807, 2.05) is 12.1 Å². The van der Waals surface area contributed by atoms with Gasteiger partial charge in [-0.3, -0.25) is 0 Å². The van der Waals surface area contributed by atoms with Crippen molar-refractivity contribution in [3.05, 3.63) is 29.8 Å². The number of hydrogen-bond donors (Lipinski definition) is 1. The Morgan fingerprint density at radius 3 is 1.88 bits per heavy atom. The largest absolute Gasteiger partial charge is 0.508 e. The lowest BCUT2D eigenvalue weighted by Gasteiger charge is -2.38. The van der Waals surface area contributed by atoms with E-state index in [1.54, 1.807) is 12.1 Å². The van der Waals surface area contributed by atoms with Crippen molar-refractivity contribution in [3.63, 3.8) is 0 Å². The molecule has 0 aliphatic heterocycles. The lowest BCUT2D eigenvalue weighted by molar-refractivity contribution is 0.181. The van der Waals surface area contributed by atoms with Gasteiger partial charge in [0.1, 0.15) is 5.75 Å². The van der Waals surface area contributed by atoms with Gasteiger partial charge in [0.2, 0.25) is 0 Å². The average Bonchev–Trinajstić information content (AvgIpc) is 2.16. The monoisotopic (exact) mass is 234 g/mol. The quantitative estimate of drug-likeness (QED) is 0.797.